The van der Waals surface area contributed by atoms with Crippen LogP contribution >= 0.6 is 0 Å². The number of carbonyl (C=O) groups is 1. The monoisotopic (exact) mass is 254 g/mol. The third-order valence-corrected chi connectivity index (χ3v) is 3.22. The van der Waals surface area contributed by atoms with Gasteiger partial charge in [-0.05, 0) is 31.0 Å². The number of pyridine rings is 1. The van der Waals surface area contributed by atoms with Gasteiger partial charge in [-0.3, -0.25) is 4.79 Å². The maximum absolute atomic E-state index is 11.5. The highest BCUT2D eigenvalue weighted by molar-refractivity contribution is 5.96. The Kier molecular flexibility index (Phi) is 2.71. The maximum atomic E-state index is 11.5. The molecule has 1 aromatic heterocycles. The molecule has 0 spiro atoms. The first-order valence-corrected chi connectivity index (χ1v) is 6.19. The minimum atomic E-state index is -0.485. The number of amides is 1. The molecule has 1 aliphatic rings. The summed E-state index contributed by atoms with van der Waals surface area (Å²) >= 11 is 0. The molecule has 0 aliphatic carbocycles. The van der Waals surface area contributed by atoms with Gasteiger partial charge in [-0.2, -0.15) is 0 Å². The predicted molar refractivity (Wildman–Crippen MR) is 73.1 cm³/mol. The van der Waals surface area contributed by atoms with Crippen molar-refractivity contribution in [2.75, 3.05) is 5.32 Å². The molecule has 19 heavy (non-hydrogen) atoms. The number of anilines is 1. The number of aromatic nitrogens is 1. The summed E-state index contributed by atoms with van der Waals surface area (Å²) in [5.41, 5.74) is 3.28. The van der Waals surface area contributed by atoms with Gasteiger partial charge in [0.1, 0.15) is 0 Å². The second-order valence-corrected chi connectivity index (χ2v) is 4.63. The highest BCUT2D eigenvalue weighted by Gasteiger charge is 2.24. The highest BCUT2D eigenvalue weighted by Crippen LogP contribution is 2.32. The molecule has 1 unspecified atom stereocenters. The van der Waals surface area contributed by atoms with Gasteiger partial charge in [-0.15, -0.1) is 0 Å². The summed E-state index contributed by atoms with van der Waals surface area (Å²) in [6, 6.07) is 10.0. The molecule has 0 bridgehead atoms. The van der Waals surface area contributed by atoms with Crippen LogP contribution in [0, 0.1) is 6.92 Å². The fourth-order valence-electron chi connectivity index (χ4n) is 2.13. The maximum Gasteiger partial charge on any atom is 0.266 e. The summed E-state index contributed by atoms with van der Waals surface area (Å²) in [4.78, 5) is 15.8. The van der Waals surface area contributed by atoms with E-state index in [1.807, 2.05) is 24.3 Å². The SMILES string of the molecule is Cc1ccccc1-c1cnc2c(c1)OC(C)C(=O)N2. The Morgan fingerprint density at radius 2 is 2.11 bits per heavy atom. The first-order valence-electron chi connectivity index (χ1n) is 6.19. The molecule has 1 N–H and O–H groups in total. The number of ether oxygens (including phenoxy) is 1. The third kappa shape index (κ3) is 2.05. The number of carbonyl (C=O) groups excluding carboxylic acids is 1. The topological polar surface area (TPSA) is 51.2 Å². The number of nitrogens with one attached hydrogen (secondary N) is 1. The fourth-order valence-corrected chi connectivity index (χ4v) is 2.13. The second kappa shape index (κ2) is 4.39. The van der Waals surface area contributed by atoms with Crippen LogP contribution in [0.3, 0.4) is 0 Å². The lowest BCUT2D eigenvalue weighted by Crippen LogP contribution is -2.34. The first-order chi connectivity index (χ1) is 9.15. The van der Waals surface area contributed by atoms with Crippen molar-refractivity contribution in [3.63, 3.8) is 0 Å². The normalized spacial score (nSPS) is 17.4. The Morgan fingerprint density at radius 3 is 2.89 bits per heavy atom. The van der Waals surface area contributed by atoms with E-state index in [2.05, 4.69) is 23.3 Å². The first kappa shape index (κ1) is 11.7. The van der Waals surface area contributed by atoms with Crippen molar-refractivity contribution in [1.29, 1.82) is 0 Å². The van der Waals surface area contributed by atoms with Crippen LogP contribution < -0.4 is 10.1 Å². The average molecular weight is 254 g/mol. The van der Waals surface area contributed by atoms with E-state index in [-0.39, 0.29) is 5.91 Å². The van der Waals surface area contributed by atoms with Crippen molar-refractivity contribution in [1.82, 2.24) is 4.98 Å². The van der Waals surface area contributed by atoms with Crippen molar-refractivity contribution < 1.29 is 9.53 Å². The number of hydrogen-bond donors (Lipinski definition) is 1. The van der Waals surface area contributed by atoms with Crippen molar-refractivity contribution >= 4 is 11.7 Å². The lowest BCUT2D eigenvalue weighted by Gasteiger charge is -2.22. The molecule has 0 fully saturated rings. The summed E-state index contributed by atoms with van der Waals surface area (Å²) in [5, 5.41) is 2.73. The number of aryl methyl sites for hydroxylation is 1. The van der Waals surface area contributed by atoms with Gasteiger partial charge in [-0.25, -0.2) is 4.98 Å². The number of hydrogen-bond acceptors (Lipinski definition) is 3. The summed E-state index contributed by atoms with van der Waals surface area (Å²) in [5.74, 6) is 0.942. The largest absolute Gasteiger partial charge is 0.477 e. The summed E-state index contributed by atoms with van der Waals surface area (Å²) in [7, 11) is 0. The Labute approximate surface area is 111 Å². The van der Waals surface area contributed by atoms with Crippen LogP contribution in [0.2, 0.25) is 0 Å². The van der Waals surface area contributed by atoms with Crippen molar-refractivity contribution in [2.45, 2.75) is 20.0 Å². The zero-order valence-corrected chi connectivity index (χ0v) is 10.8. The van der Waals surface area contributed by atoms with Crippen molar-refractivity contribution in [2.24, 2.45) is 0 Å². The third-order valence-electron chi connectivity index (χ3n) is 3.22. The van der Waals surface area contributed by atoms with Crippen LogP contribution in [0.15, 0.2) is 36.5 Å². The lowest BCUT2D eigenvalue weighted by molar-refractivity contribution is -0.122. The van der Waals surface area contributed by atoms with Crippen LogP contribution in [0.25, 0.3) is 11.1 Å². The molecule has 4 heteroatoms. The number of fused-ring (bicyclic) bond motifs is 1. The standard InChI is InChI=1S/C15H14N2O2/c1-9-5-3-4-6-12(9)11-7-13-14(16-8-11)17-15(18)10(2)19-13/h3-8,10H,1-2H3,(H,16,17,18). The molecule has 0 saturated heterocycles. The van der Waals surface area contributed by atoms with Gasteiger partial charge in [0.15, 0.2) is 17.7 Å². The van der Waals surface area contributed by atoms with Crippen LogP contribution in [0.5, 0.6) is 5.75 Å². The van der Waals surface area contributed by atoms with E-state index in [9.17, 15) is 4.79 Å². The number of rotatable bonds is 1. The fraction of sp³-hybridized carbons (Fsp3) is 0.200. The van der Waals surface area contributed by atoms with E-state index in [1.165, 1.54) is 5.56 Å². The average Bonchev–Trinajstić information content (AvgIpc) is 2.40. The molecule has 2 aromatic rings. The Morgan fingerprint density at radius 1 is 1.32 bits per heavy atom. The Bertz CT molecular complexity index is 652. The van der Waals surface area contributed by atoms with Gasteiger partial charge < -0.3 is 10.1 Å². The molecular formula is C15H14N2O2. The molecule has 4 nitrogen and oxygen atoms in total. The molecule has 0 radical (unpaired) electrons. The minimum Gasteiger partial charge on any atom is -0.477 e. The number of benzene rings is 1. The lowest BCUT2D eigenvalue weighted by atomic mass is 10.0. The van der Waals surface area contributed by atoms with Gasteiger partial charge in [0.05, 0.1) is 0 Å². The second-order valence-electron chi connectivity index (χ2n) is 4.63. The molecule has 0 saturated carbocycles. The van der Waals surface area contributed by atoms with E-state index >= 15 is 0 Å². The van der Waals surface area contributed by atoms with Crippen LogP contribution in [-0.4, -0.2) is 17.0 Å². The number of nitrogens with zero attached hydrogens (tertiary/aromatic N) is 1. The van der Waals surface area contributed by atoms with E-state index in [1.54, 1.807) is 13.1 Å². The molecule has 1 aliphatic heterocycles. The van der Waals surface area contributed by atoms with Crippen LogP contribution in [0.1, 0.15) is 12.5 Å². The molecule has 3 rings (SSSR count). The summed E-state index contributed by atoms with van der Waals surface area (Å²) in [6.07, 6.45) is 1.27. The smallest absolute Gasteiger partial charge is 0.266 e. The quantitative estimate of drug-likeness (QED) is 0.851. The highest BCUT2D eigenvalue weighted by atomic mass is 16.5. The van der Waals surface area contributed by atoms with Crippen LogP contribution in [0.4, 0.5) is 5.82 Å². The Balaban J connectivity index is 2.05. The molecule has 1 amide bonds. The summed E-state index contributed by atoms with van der Waals surface area (Å²) < 4.78 is 5.57. The zero-order valence-electron chi connectivity index (χ0n) is 10.8. The van der Waals surface area contributed by atoms with E-state index in [0.29, 0.717) is 11.6 Å². The van der Waals surface area contributed by atoms with E-state index in [0.717, 1.165) is 11.1 Å². The molecular weight excluding hydrogens is 240 g/mol. The van der Waals surface area contributed by atoms with Gasteiger partial charge in [-0.1, -0.05) is 24.3 Å². The zero-order chi connectivity index (χ0) is 13.4. The summed E-state index contributed by atoms with van der Waals surface area (Å²) in [6.45, 7) is 3.78. The van der Waals surface area contributed by atoms with Gasteiger partial charge in [0, 0.05) is 11.8 Å². The van der Waals surface area contributed by atoms with E-state index < -0.39 is 6.10 Å². The predicted octanol–water partition coefficient (Wildman–Crippen LogP) is 2.78. The molecule has 1 atom stereocenters. The Hall–Kier alpha value is -2.36. The van der Waals surface area contributed by atoms with E-state index in [4.69, 9.17) is 4.74 Å². The molecule has 2 heterocycles. The molecule has 96 valence electrons. The van der Waals surface area contributed by atoms with Crippen LogP contribution in [-0.2, 0) is 4.79 Å². The van der Waals surface area contributed by atoms with Gasteiger partial charge in [0.2, 0.25) is 0 Å². The van der Waals surface area contributed by atoms with Gasteiger partial charge in [0.25, 0.3) is 5.91 Å². The van der Waals surface area contributed by atoms with Crippen molar-refractivity contribution in [3.8, 4) is 16.9 Å². The van der Waals surface area contributed by atoms with Gasteiger partial charge >= 0.3 is 0 Å². The minimum absolute atomic E-state index is 0.163. The molecule has 1 aromatic carbocycles. The van der Waals surface area contributed by atoms with Crippen molar-refractivity contribution in [3.05, 3.63) is 42.1 Å².